The minimum absolute atomic E-state index is 0.115. The SMILES string of the molecule is C=C(Cl)CNC(C)c1sc(C(C)(C)C)nc1C. The van der Waals surface area contributed by atoms with Crippen LogP contribution < -0.4 is 5.32 Å². The summed E-state index contributed by atoms with van der Waals surface area (Å²) in [6.45, 7) is 15.1. The normalized spacial score (nSPS) is 13.8. The van der Waals surface area contributed by atoms with Crippen molar-refractivity contribution in [1.29, 1.82) is 0 Å². The summed E-state index contributed by atoms with van der Waals surface area (Å²) in [4.78, 5) is 5.94. The zero-order chi connectivity index (χ0) is 13.2. The molecule has 0 bridgehead atoms. The van der Waals surface area contributed by atoms with Crippen molar-refractivity contribution in [2.45, 2.75) is 46.1 Å². The quantitative estimate of drug-likeness (QED) is 0.891. The van der Waals surface area contributed by atoms with E-state index in [0.717, 1.165) is 5.69 Å². The summed E-state index contributed by atoms with van der Waals surface area (Å²) in [6.07, 6.45) is 0. The summed E-state index contributed by atoms with van der Waals surface area (Å²) in [5, 5.41) is 5.16. The van der Waals surface area contributed by atoms with E-state index in [2.05, 4.69) is 51.5 Å². The third-order valence-electron chi connectivity index (χ3n) is 2.47. The molecule has 0 aromatic carbocycles. The molecule has 0 spiro atoms. The lowest BCUT2D eigenvalue weighted by atomic mass is 9.98. The number of hydrogen-bond acceptors (Lipinski definition) is 3. The molecule has 1 N–H and O–H groups in total. The smallest absolute Gasteiger partial charge is 0.0985 e. The van der Waals surface area contributed by atoms with Crippen molar-refractivity contribution in [3.05, 3.63) is 27.2 Å². The molecule has 0 radical (unpaired) electrons. The van der Waals surface area contributed by atoms with Crippen LogP contribution in [0.5, 0.6) is 0 Å². The highest BCUT2D eigenvalue weighted by Gasteiger charge is 2.22. The molecule has 96 valence electrons. The molecule has 1 atom stereocenters. The van der Waals surface area contributed by atoms with Crippen LogP contribution in [0, 0.1) is 6.92 Å². The third kappa shape index (κ3) is 4.09. The van der Waals surface area contributed by atoms with Gasteiger partial charge in [0.15, 0.2) is 0 Å². The second-order valence-electron chi connectivity index (χ2n) is 5.34. The van der Waals surface area contributed by atoms with Crippen LogP contribution in [0.3, 0.4) is 0 Å². The Morgan fingerprint density at radius 3 is 2.53 bits per heavy atom. The molecular formula is C13H21ClN2S. The molecule has 1 rings (SSSR count). The van der Waals surface area contributed by atoms with Gasteiger partial charge in [-0.2, -0.15) is 0 Å². The number of thiazole rings is 1. The first-order valence-electron chi connectivity index (χ1n) is 5.76. The van der Waals surface area contributed by atoms with Crippen LogP contribution in [0.25, 0.3) is 0 Å². The van der Waals surface area contributed by atoms with Gasteiger partial charge in [0.05, 0.1) is 10.7 Å². The fourth-order valence-electron chi connectivity index (χ4n) is 1.49. The van der Waals surface area contributed by atoms with Gasteiger partial charge in [-0.25, -0.2) is 4.98 Å². The van der Waals surface area contributed by atoms with E-state index in [1.807, 2.05) is 0 Å². The average Bonchev–Trinajstić information content (AvgIpc) is 2.56. The van der Waals surface area contributed by atoms with Crippen LogP contribution in [0.1, 0.15) is 49.3 Å². The monoisotopic (exact) mass is 272 g/mol. The summed E-state index contributed by atoms with van der Waals surface area (Å²) in [5.74, 6) is 0. The van der Waals surface area contributed by atoms with Gasteiger partial charge in [-0.1, -0.05) is 39.0 Å². The number of aryl methyl sites for hydroxylation is 1. The molecule has 1 unspecified atom stereocenters. The van der Waals surface area contributed by atoms with E-state index in [1.54, 1.807) is 11.3 Å². The third-order valence-corrected chi connectivity index (χ3v) is 4.37. The molecule has 0 fully saturated rings. The lowest BCUT2D eigenvalue weighted by Gasteiger charge is -2.14. The number of nitrogens with zero attached hydrogens (tertiary/aromatic N) is 1. The number of halogens is 1. The maximum Gasteiger partial charge on any atom is 0.0985 e. The zero-order valence-electron chi connectivity index (χ0n) is 11.2. The van der Waals surface area contributed by atoms with Crippen LogP contribution in [-0.2, 0) is 5.41 Å². The highest BCUT2D eigenvalue weighted by atomic mass is 35.5. The van der Waals surface area contributed by atoms with Crippen LogP contribution >= 0.6 is 22.9 Å². The van der Waals surface area contributed by atoms with Gasteiger partial charge in [0.25, 0.3) is 0 Å². The minimum Gasteiger partial charge on any atom is -0.304 e. The van der Waals surface area contributed by atoms with Gasteiger partial charge in [0.1, 0.15) is 0 Å². The van der Waals surface area contributed by atoms with Crippen molar-refractivity contribution < 1.29 is 0 Å². The van der Waals surface area contributed by atoms with Crippen LogP contribution in [0.15, 0.2) is 11.6 Å². The molecule has 0 aliphatic heterocycles. The topological polar surface area (TPSA) is 24.9 Å². The number of hydrogen-bond donors (Lipinski definition) is 1. The Hall–Kier alpha value is -0.380. The van der Waals surface area contributed by atoms with Gasteiger partial charge >= 0.3 is 0 Å². The zero-order valence-corrected chi connectivity index (χ0v) is 12.8. The van der Waals surface area contributed by atoms with Gasteiger partial charge in [0, 0.05) is 27.9 Å². The Kier molecular flexibility index (Phi) is 4.76. The Bertz CT molecular complexity index is 404. The summed E-state index contributed by atoms with van der Waals surface area (Å²) in [5.41, 5.74) is 1.23. The van der Waals surface area contributed by atoms with Gasteiger partial charge in [-0.05, 0) is 13.8 Å². The Morgan fingerprint density at radius 2 is 2.12 bits per heavy atom. The Labute approximate surface area is 113 Å². The van der Waals surface area contributed by atoms with Gasteiger partial charge in [-0.3, -0.25) is 0 Å². The maximum absolute atomic E-state index is 5.76. The molecule has 0 amide bonds. The van der Waals surface area contributed by atoms with Gasteiger partial charge < -0.3 is 5.32 Å². The molecule has 1 aromatic heterocycles. The first-order chi connectivity index (χ1) is 7.71. The second kappa shape index (κ2) is 5.51. The predicted molar refractivity (Wildman–Crippen MR) is 77.0 cm³/mol. The molecular weight excluding hydrogens is 252 g/mol. The van der Waals surface area contributed by atoms with Gasteiger partial charge in [-0.15, -0.1) is 11.3 Å². The lowest BCUT2D eigenvalue weighted by molar-refractivity contribution is 0.583. The fraction of sp³-hybridized carbons (Fsp3) is 0.615. The second-order valence-corrected chi connectivity index (χ2v) is 6.90. The molecule has 1 aromatic rings. The lowest BCUT2D eigenvalue weighted by Crippen LogP contribution is -2.19. The van der Waals surface area contributed by atoms with E-state index in [9.17, 15) is 0 Å². The van der Waals surface area contributed by atoms with E-state index >= 15 is 0 Å². The highest BCUT2D eigenvalue weighted by Crippen LogP contribution is 2.32. The van der Waals surface area contributed by atoms with E-state index in [1.165, 1.54) is 9.88 Å². The largest absolute Gasteiger partial charge is 0.304 e. The van der Waals surface area contributed by atoms with Crippen molar-refractivity contribution in [3.63, 3.8) is 0 Å². The standard InChI is InChI=1S/C13H21ClN2S/c1-8(14)7-15-9(2)11-10(3)16-12(17-11)13(4,5)6/h9,15H,1,7H2,2-6H3. The Balaban J connectivity index is 2.84. The predicted octanol–water partition coefficient (Wildman–Crippen LogP) is 4.15. The molecule has 0 aliphatic rings. The number of rotatable bonds is 4. The molecule has 0 saturated heterocycles. The summed E-state index contributed by atoms with van der Waals surface area (Å²) in [7, 11) is 0. The first kappa shape index (κ1) is 14.7. The molecule has 1 heterocycles. The average molecular weight is 273 g/mol. The molecule has 0 saturated carbocycles. The number of aromatic nitrogens is 1. The highest BCUT2D eigenvalue weighted by molar-refractivity contribution is 7.12. The van der Waals surface area contributed by atoms with E-state index in [-0.39, 0.29) is 11.5 Å². The molecule has 0 aliphatic carbocycles. The molecule has 2 nitrogen and oxygen atoms in total. The summed E-state index contributed by atoms with van der Waals surface area (Å²) < 4.78 is 0. The van der Waals surface area contributed by atoms with Crippen molar-refractivity contribution in [1.82, 2.24) is 10.3 Å². The van der Waals surface area contributed by atoms with E-state index in [0.29, 0.717) is 11.6 Å². The number of nitrogens with one attached hydrogen (secondary N) is 1. The first-order valence-corrected chi connectivity index (χ1v) is 6.95. The fourth-order valence-corrected chi connectivity index (χ4v) is 2.71. The van der Waals surface area contributed by atoms with Crippen LogP contribution in [0.2, 0.25) is 0 Å². The van der Waals surface area contributed by atoms with E-state index in [4.69, 9.17) is 11.6 Å². The maximum atomic E-state index is 5.76. The van der Waals surface area contributed by atoms with Crippen molar-refractivity contribution in [3.8, 4) is 0 Å². The van der Waals surface area contributed by atoms with Gasteiger partial charge in [0.2, 0.25) is 0 Å². The van der Waals surface area contributed by atoms with E-state index < -0.39 is 0 Å². The van der Waals surface area contributed by atoms with Crippen molar-refractivity contribution in [2.75, 3.05) is 6.54 Å². The summed E-state index contributed by atoms with van der Waals surface area (Å²) in [6, 6.07) is 0.263. The molecule has 17 heavy (non-hydrogen) atoms. The Morgan fingerprint density at radius 1 is 1.53 bits per heavy atom. The minimum atomic E-state index is 0.115. The van der Waals surface area contributed by atoms with Crippen LogP contribution in [-0.4, -0.2) is 11.5 Å². The van der Waals surface area contributed by atoms with Crippen LogP contribution in [0.4, 0.5) is 0 Å². The summed E-state index contributed by atoms with van der Waals surface area (Å²) >= 11 is 7.54. The van der Waals surface area contributed by atoms with Crippen molar-refractivity contribution >= 4 is 22.9 Å². The van der Waals surface area contributed by atoms with Crippen molar-refractivity contribution in [2.24, 2.45) is 0 Å². The molecule has 4 heteroatoms.